The van der Waals surface area contributed by atoms with Crippen LogP contribution >= 0.6 is 0 Å². The molecule has 0 bridgehead atoms. The van der Waals surface area contributed by atoms with Crippen molar-refractivity contribution in [3.05, 3.63) is 29.8 Å². The van der Waals surface area contributed by atoms with Gasteiger partial charge in [0.25, 0.3) is 0 Å². The third kappa shape index (κ3) is 2.95. The van der Waals surface area contributed by atoms with Crippen molar-refractivity contribution in [3.63, 3.8) is 0 Å². The molecule has 0 aliphatic heterocycles. The Labute approximate surface area is 103 Å². The van der Waals surface area contributed by atoms with Gasteiger partial charge in [-0.2, -0.15) is 0 Å². The molecule has 0 aliphatic rings. The van der Waals surface area contributed by atoms with Crippen LogP contribution in [-0.4, -0.2) is 26.6 Å². The number of rotatable bonds is 4. The van der Waals surface area contributed by atoms with E-state index in [0.717, 1.165) is 18.4 Å². The van der Waals surface area contributed by atoms with Crippen LogP contribution in [0.4, 0.5) is 14.5 Å². The Morgan fingerprint density at radius 1 is 1.33 bits per heavy atom. The summed E-state index contributed by atoms with van der Waals surface area (Å²) in [5.74, 6) is -3.22. The second kappa shape index (κ2) is 4.89. The Morgan fingerprint density at radius 2 is 1.89 bits per heavy atom. The number of hydrogen-bond donors (Lipinski definition) is 1. The van der Waals surface area contributed by atoms with E-state index in [9.17, 15) is 22.0 Å². The van der Waals surface area contributed by atoms with Gasteiger partial charge in [0.15, 0.2) is 11.6 Å². The molecule has 8 heteroatoms. The zero-order valence-electron chi connectivity index (χ0n) is 9.72. The maximum atomic E-state index is 13.1. The van der Waals surface area contributed by atoms with E-state index in [4.69, 9.17) is 5.73 Å². The third-order valence-electron chi connectivity index (χ3n) is 2.28. The Hall–Kier alpha value is -1.70. The molecule has 5 nitrogen and oxygen atoms in total. The normalized spacial score (nSPS) is 13.1. The van der Waals surface area contributed by atoms with E-state index >= 15 is 0 Å². The quantitative estimate of drug-likeness (QED) is 0.876. The van der Waals surface area contributed by atoms with E-state index in [1.54, 1.807) is 0 Å². The first kappa shape index (κ1) is 14.4. The third-order valence-corrected chi connectivity index (χ3v) is 3.52. The number of nitrogens with zero attached hydrogens (tertiary/aromatic N) is 1. The van der Waals surface area contributed by atoms with Gasteiger partial charge in [0.2, 0.25) is 15.9 Å². The minimum absolute atomic E-state index is 0.164. The van der Waals surface area contributed by atoms with Gasteiger partial charge in [-0.15, -0.1) is 0 Å². The first-order valence-corrected chi connectivity index (χ1v) is 6.73. The summed E-state index contributed by atoms with van der Waals surface area (Å²) in [6.07, 6.45) is 0.841. The zero-order valence-corrected chi connectivity index (χ0v) is 10.5. The lowest BCUT2D eigenvalue weighted by atomic mass is 10.2. The molecule has 0 radical (unpaired) electrons. The molecule has 1 aromatic rings. The molecule has 1 rings (SSSR count). The topological polar surface area (TPSA) is 80.5 Å². The summed E-state index contributed by atoms with van der Waals surface area (Å²) in [7, 11) is -3.85. The number of hydrogen-bond acceptors (Lipinski definition) is 3. The summed E-state index contributed by atoms with van der Waals surface area (Å²) >= 11 is 0. The van der Waals surface area contributed by atoms with Gasteiger partial charge in [-0.1, -0.05) is 0 Å². The molecule has 1 atom stereocenters. The van der Waals surface area contributed by atoms with Crippen LogP contribution in [0.25, 0.3) is 0 Å². The van der Waals surface area contributed by atoms with Gasteiger partial charge in [-0.25, -0.2) is 17.2 Å². The lowest BCUT2D eigenvalue weighted by Gasteiger charge is -2.26. The molecule has 1 amide bonds. The van der Waals surface area contributed by atoms with Gasteiger partial charge >= 0.3 is 0 Å². The molecule has 18 heavy (non-hydrogen) atoms. The molecule has 0 aliphatic carbocycles. The smallest absolute Gasteiger partial charge is 0.241 e. The van der Waals surface area contributed by atoms with E-state index in [1.165, 1.54) is 6.92 Å². The molecule has 0 unspecified atom stereocenters. The lowest BCUT2D eigenvalue weighted by molar-refractivity contribution is -0.118. The average Bonchev–Trinajstić information content (AvgIpc) is 2.21. The monoisotopic (exact) mass is 278 g/mol. The van der Waals surface area contributed by atoms with Crippen molar-refractivity contribution in [2.24, 2.45) is 5.73 Å². The highest BCUT2D eigenvalue weighted by Gasteiger charge is 2.28. The van der Waals surface area contributed by atoms with Crippen molar-refractivity contribution in [1.29, 1.82) is 0 Å². The van der Waals surface area contributed by atoms with Gasteiger partial charge < -0.3 is 5.73 Å². The van der Waals surface area contributed by atoms with Crippen LogP contribution in [0.2, 0.25) is 0 Å². The second-order valence-corrected chi connectivity index (χ2v) is 5.60. The van der Waals surface area contributed by atoms with Crippen molar-refractivity contribution >= 4 is 21.6 Å². The molecule has 100 valence electrons. The summed E-state index contributed by atoms with van der Waals surface area (Å²) in [6, 6.07) is 1.32. The van der Waals surface area contributed by atoms with Gasteiger partial charge in [-0.3, -0.25) is 9.10 Å². The summed E-state index contributed by atoms with van der Waals surface area (Å²) in [5.41, 5.74) is 4.86. The Bertz CT molecular complexity index is 574. The van der Waals surface area contributed by atoms with Crippen LogP contribution in [0.5, 0.6) is 0 Å². The molecule has 1 aromatic carbocycles. The molecule has 2 N–H and O–H groups in total. The predicted octanol–water partition coefficient (Wildman–Crippen LogP) is 0.605. The van der Waals surface area contributed by atoms with Crippen molar-refractivity contribution in [1.82, 2.24) is 0 Å². The number of benzene rings is 1. The van der Waals surface area contributed by atoms with Crippen molar-refractivity contribution < 1.29 is 22.0 Å². The molecule has 0 fully saturated rings. The average molecular weight is 278 g/mol. The fraction of sp³-hybridized carbons (Fsp3) is 0.300. The van der Waals surface area contributed by atoms with E-state index in [1.807, 2.05) is 0 Å². The summed E-state index contributed by atoms with van der Waals surface area (Å²) in [5, 5.41) is 0. The Morgan fingerprint density at radius 3 is 2.28 bits per heavy atom. The highest BCUT2D eigenvalue weighted by molar-refractivity contribution is 7.92. The van der Waals surface area contributed by atoms with Gasteiger partial charge in [0.05, 0.1) is 11.9 Å². The van der Waals surface area contributed by atoms with Gasteiger partial charge in [0, 0.05) is 6.07 Å². The van der Waals surface area contributed by atoms with E-state index in [0.29, 0.717) is 10.4 Å². The molecule has 0 saturated heterocycles. The Balaban J connectivity index is 3.36. The molecule has 0 aromatic heterocycles. The second-order valence-electron chi connectivity index (χ2n) is 3.74. The number of primary amides is 1. The maximum Gasteiger partial charge on any atom is 0.241 e. The van der Waals surface area contributed by atoms with Gasteiger partial charge in [0.1, 0.15) is 6.04 Å². The minimum Gasteiger partial charge on any atom is -0.368 e. The van der Waals surface area contributed by atoms with Crippen LogP contribution in [0.1, 0.15) is 6.92 Å². The maximum absolute atomic E-state index is 13.1. The van der Waals surface area contributed by atoms with Crippen LogP contribution < -0.4 is 10.0 Å². The molecule has 0 heterocycles. The van der Waals surface area contributed by atoms with Crippen LogP contribution in [-0.2, 0) is 14.8 Å². The van der Waals surface area contributed by atoms with Crippen molar-refractivity contribution in [2.75, 3.05) is 10.6 Å². The summed E-state index contributed by atoms with van der Waals surface area (Å²) < 4.78 is 49.7. The largest absolute Gasteiger partial charge is 0.368 e. The molecular formula is C10H12F2N2O3S. The standard InChI is InChI=1S/C10H12F2N2O3S/c1-6(10(13)15)14(18(2,16)17)7-3-4-8(11)9(12)5-7/h3-6H,1-2H3,(H2,13,15)/t6-/m0/s1. The number of anilines is 1. The number of carbonyl (C=O) groups is 1. The number of amides is 1. The number of sulfonamides is 1. The lowest BCUT2D eigenvalue weighted by Crippen LogP contribution is -2.45. The fourth-order valence-electron chi connectivity index (χ4n) is 1.44. The first-order chi connectivity index (χ1) is 8.14. The molecular weight excluding hydrogens is 266 g/mol. The minimum atomic E-state index is -3.85. The van der Waals surface area contributed by atoms with E-state index in [-0.39, 0.29) is 5.69 Å². The van der Waals surface area contributed by atoms with Gasteiger partial charge in [-0.05, 0) is 19.1 Å². The van der Waals surface area contributed by atoms with Crippen molar-refractivity contribution in [3.8, 4) is 0 Å². The number of carbonyl (C=O) groups excluding carboxylic acids is 1. The SMILES string of the molecule is C[C@@H](C(N)=O)N(c1ccc(F)c(F)c1)S(C)(=O)=O. The zero-order chi connectivity index (χ0) is 14.1. The number of halogens is 2. The highest BCUT2D eigenvalue weighted by atomic mass is 32.2. The van der Waals surface area contributed by atoms with E-state index < -0.39 is 33.6 Å². The summed E-state index contributed by atoms with van der Waals surface area (Å²) in [4.78, 5) is 11.1. The Kier molecular flexibility index (Phi) is 3.90. The van der Waals surface area contributed by atoms with Crippen LogP contribution in [0, 0.1) is 11.6 Å². The molecule has 0 saturated carbocycles. The molecule has 0 spiro atoms. The highest BCUT2D eigenvalue weighted by Crippen LogP contribution is 2.22. The number of nitrogens with two attached hydrogens (primary N) is 1. The fourth-order valence-corrected chi connectivity index (χ4v) is 2.61. The summed E-state index contributed by atoms with van der Waals surface area (Å²) in [6.45, 7) is 1.25. The predicted molar refractivity (Wildman–Crippen MR) is 62.3 cm³/mol. The van der Waals surface area contributed by atoms with Crippen molar-refractivity contribution in [2.45, 2.75) is 13.0 Å². The van der Waals surface area contributed by atoms with E-state index in [2.05, 4.69) is 0 Å². The first-order valence-electron chi connectivity index (χ1n) is 4.88. The van der Waals surface area contributed by atoms with Crippen LogP contribution in [0.3, 0.4) is 0 Å². The van der Waals surface area contributed by atoms with Crippen LogP contribution in [0.15, 0.2) is 18.2 Å².